The molecular weight excluding hydrogens is 352 g/mol. The van der Waals surface area contributed by atoms with Gasteiger partial charge in [-0.05, 0) is 45.7 Å². The van der Waals surface area contributed by atoms with Gasteiger partial charge in [-0.1, -0.05) is 25.1 Å². The predicted octanol–water partition coefficient (Wildman–Crippen LogP) is 3.50. The van der Waals surface area contributed by atoms with Crippen molar-refractivity contribution < 1.29 is 4.79 Å². The zero-order chi connectivity index (χ0) is 20.3. The van der Waals surface area contributed by atoms with Gasteiger partial charge in [0, 0.05) is 35.8 Å². The summed E-state index contributed by atoms with van der Waals surface area (Å²) in [7, 11) is 0. The van der Waals surface area contributed by atoms with E-state index in [1.165, 1.54) is 4.68 Å². The molecule has 0 aliphatic heterocycles. The Morgan fingerprint density at radius 3 is 2.57 bits per heavy atom. The van der Waals surface area contributed by atoms with E-state index in [-0.39, 0.29) is 17.5 Å². The van der Waals surface area contributed by atoms with Crippen LogP contribution in [0.4, 0.5) is 0 Å². The van der Waals surface area contributed by atoms with Crippen LogP contribution < -0.4 is 10.9 Å². The summed E-state index contributed by atoms with van der Waals surface area (Å²) in [5, 5.41) is 8.93. The van der Waals surface area contributed by atoms with Gasteiger partial charge in [-0.2, -0.15) is 9.78 Å². The van der Waals surface area contributed by atoms with Crippen molar-refractivity contribution in [1.29, 1.82) is 0 Å². The molecule has 0 aliphatic carbocycles. The molecule has 2 heterocycles. The predicted molar refractivity (Wildman–Crippen MR) is 112 cm³/mol. The van der Waals surface area contributed by atoms with Crippen LogP contribution in [0.1, 0.15) is 44.5 Å². The number of benzene rings is 1. The van der Waals surface area contributed by atoms with Crippen molar-refractivity contribution in [3.05, 3.63) is 58.3 Å². The molecule has 0 aliphatic rings. The monoisotopic (exact) mass is 380 g/mol. The summed E-state index contributed by atoms with van der Waals surface area (Å²) < 4.78 is 3.57. The number of hydrogen-bond donors (Lipinski definition) is 1. The fraction of sp³-hybridized carbons (Fsp3) is 0.409. The maximum Gasteiger partial charge on any atom is 0.281 e. The van der Waals surface area contributed by atoms with Crippen molar-refractivity contribution in [2.24, 2.45) is 0 Å². The molecular formula is C22H28N4O2. The fourth-order valence-corrected chi connectivity index (χ4v) is 3.54. The summed E-state index contributed by atoms with van der Waals surface area (Å²) in [5.74, 6) is 0.0782. The third-order valence-electron chi connectivity index (χ3n) is 5.35. The number of para-hydroxylation sites is 1. The maximum atomic E-state index is 13.1. The van der Waals surface area contributed by atoms with Gasteiger partial charge in [0.2, 0.25) is 5.91 Å². The summed E-state index contributed by atoms with van der Waals surface area (Å²) in [6.07, 6.45) is 3.89. The number of carbonyl (C=O) groups excluding carboxylic acids is 1. The van der Waals surface area contributed by atoms with Crippen LogP contribution in [-0.2, 0) is 11.3 Å². The SMILES string of the molecule is CC[C@@H](C)NC(=O)CCCn1c(C)c2cnn(-c3ccccc3)c(=O)c2c1C. The Hall–Kier alpha value is -2.89. The molecule has 0 fully saturated rings. The van der Waals surface area contributed by atoms with Gasteiger partial charge in [0.15, 0.2) is 0 Å². The number of aromatic nitrogens is 3. The molecule has 0 bridgehead atoms. The van der Waals surface area contributed by atoms with Gasteiger partial charge in [-0.3, -0.25) is 9.59 Å². The van der Waals surface area contributed by atoms with Gasteiger partial charge in [0.1, 0.15) is 0 Å². The van der Waals surface area contributed by atoms with Crippen molar-refractivity contribution in [3.63, 3.8) is 0 Å². The molecule has 0 radical (unpaired) electrons. The van der Waals surface area contributed by atoms with Crippen LogP contribution in [-0.4, -0.2) is 26.3 Å². The highest BCUT2D eigenvalue weighted by atomic mass is 16.1. The Bertz CT molecular complexity index is 1030. The summed E-state index contributed by atoms with van der Waals surface area (Å²) in [6, 6.07) is 9.64. The van der Waals surface area contributed by atoms with Gasteiger partial charge >= 0.3 is 0 Å². The molecule has 2 aromatic heterocycles. The van der Waals surface area contributed by atoms with Crippen LogP contribution in [0.25, 0.3) is 16.5 Å². The Labute approximate surface area is 165 Å². The van der Waals surface area contributed by atoms with E-state index in [0.717, 1.165) is 35.3 Å². The van der Waals surface area contributed by atoms with E-state index in [9.17, 15) is 9.59 Å². The Kier molecular flexibility index (Phi) is 5.97. The zero-order valence-electron chi connectivity index (χ0n) is 17.0. The Balaban J connectivity index is 1.86. The lowest BCUT2D eigenvalue weighted by Crippen LogP contribution is -2.31. The quantitative estimate of drug-likeness (QED) is 0.682. The molecule has 1 amide bonds. The average molecular weight is 380 g/mol. The molecule has 3 aromatic rings. The van der Waals surface area contributed by atoms with Gasteiger partial charge in [-0.25, -0.2) is 0 Å². The highest BCUT2D eigenvalue weighted by molar-refractivity contribution is 5.87. The Morgan fingerprint density at radius 1 is 1.18 bits per heavy atom. The first-order chi connectivity index (χ1) is 13.4. The minimum absolute atomic E-state index is 0.0782. The van der Waals surface area contributed by atoms with E-state index >= 15 is 0 Å². The molecule has 1 atom stereocenters. The van der Waals surface area contributed by atoms with Crippen LogP contribution in [0.3, 0.4) is 0 Å². The number of fused-ring (bicyclic) bond motifs is 1. The minimum atomic E-state index is -0.113. The fourth-order valence-electron chi connectivity index (χ4n) is 3.54. The molecule has 3 rings (SSSR count). The van der Waals surface area contributed by atoms with Gasteiger partial charge in [-0.15, -0.1) is 0 Å². The summed E-state index contributed by atoms with van der Waals surface area (Å²) in [4.78, 5) is 25.1. The molecule has 0 saturated heterocycles. The molecule has 0 unspecified atom stereocenters. The van der Waals surface area contributed by atoms with Crippen LogP contribution in [0.15, 0.2) is 41.3 Å². The first kappa shape index (κ1) is 19.9. The van der Waals surface area contributed by atoms with Crippen molar-refractivity contribution >= 4 is 16.7 Å². The average Bonchev–Trinajstić information content (AvgIpc) is 2.94. The lowest BCUT2D eigenvalue weighted by molar-refractivity contribution is -0.121. The normalized spacial score (nSPS) is 12.3. The number of carbonyl (C=O) groups is 1. The molecule has 6 nitrogen and oxygen atoms in total. The number of aryl methyl sites for hydroxylation is 2. The number of nitrogens with zero attached hydrogens (tertiary/aromatic N) is 3. The third kappa shape index (κ3) is 3.86. The number of nitrogens with one attached hydrogen (secondary N) is 1. The second-order valence-corrected chi connectivity index (χ2v) is 7.29. The van der Waals surface area contributed by atoms with E-state index in [0.29, 0.717) is 18.4 Å². The van der Waals surface area contributed by atoms with Crippen molar-refractivity contribution in [1.82, 2.24) is 19.7 Å². The molecule has 0 spiro atoms. The maximum absolute atomic E-state index is 13.1. The second-order valence-electron chi connectivity index (χ2n) is 7.29. The summed E-state index contributed by atoms with van der Waals surface area (Å²) >= 11 is 0. The molecule has 0 saturated carbocycles. The summed E-state index contributed by atoms with van der Waals surface area (Å²) in [6.45, 7) is 8.73. The number of rotatable bonds is 7. The number of hydrogen-bond acceptors (Lipinski definition) is 3. The van der Waals surface area contributed by atoms with Crippen molar-refractivity contribution in [2.45, 2.75) is 59.5 Å². The molecule has 148 valence electrons. The topological polar surface area (TPSA) is 68.9 Å². The van der Waals surface area contributed by atoms with Crippen LogP contribution >= 0.6 is 0 Å². The minimum Gasteiger partial charge on any atom is -0.354 e. The van der Waals surface area contributed by atoms with Gasteiger partial charge < -0.3 is 9.88 Å². The van der Waals surface area contributed by atoms with Gasteiger partial charge in [0.25, 0.3) is 5.56 Å². The lowest BCUT2D eigenvalue weighted by Gasteiger charge is -2.12. The van der Waals surface area contributed by atoms with E-state index in [4.69, 9.17) is 0 Å². The highest BCUT2D eigenvalue weighted by Gasteiger charge is 2.17. The zero-order valence-corrected chi connectivity index (χ0v) is 17.0. The molecule has 6 heteroatoms. The van der Waals surface area contributed by atoms with Gasteiger partial charge in [0.05, 0.1) is 17.3 Å². The number of amides is 1. The van der Waals surface area contributed by atoms with Crippen LogP contribution in [0.2, 0.25) is 0 Å². The largest absolute Gasteiger partial charge is 0.354 e. The third-order valence-corrected chi connectivity index (χ3v) is 5.35. The van der Waals surface area contributed by atoms with Crippen molar-refractivity contribution in [3.8, 4) is 5.69 Å². The smallest absolute Gasteiger partial charge is 0.281 e. The van der Waals surface area contributed by atoms with E-state index < -0.39 is 0 Å². The second kappa shape index (κ2) is 8.42. The van der Waals surface area contributed by atoms with Crippen LogP contribution in [0, 0.1) is 13.8 Å². The van der Waals surface area contributed by atoms with E-state index in [1.807, 2.05) is 51.1 Å². The Morgan fingerprint density at radius 2 is 1.89 bits per heavy atom. The molecule has 1 aromatic carbocycles. The highest BCUT2D eigenvalue weighted by Crippen LogP contribution is 2.23. The standard InChI is InChI=1S/C22H28N4O2/c1-5-15(2)24-20(27)12-9-13-25-16(3)19-14-23-26(18-10-7-6-8-11-18)22(28)21(19)17(25)4/h6-8,10-11,14-15H,5,9,12-13H2,1-4H3,(H,24,27)/t15-/m1/s1. The molecule has 28 heavy (non-hydrogen) atoms. The van der Waals surface area contributed by atoms with E-state index in [2.05, 4.69) is 21.9 Å². The summed E-state index contributed by atoms with van der Waals surface area (Å²) in [5.41, 5.74) is 2.57. The van der Waals surface area contributed by atoms with Crippen molar-refractivity contribution in [2.75, 3.05) is 0 Å². The first-order valence-corrected chi connectivity index (χ1v) is 9.86. The van der Waals surface area contributed by atoms with E-state index in [1.54, 1.807) is 6.20 Å². The van der Waals surface area contributed by atoms with Crippen LogP contribution in [0.5, 0.6) is 0 Å². The lowest BCUT2D eigenvalue weighted by atomic mass is 10.2. The molecule has 1 N–H and O–H groups in total. The first-order valence-electron chi connectivity index (χ1n) is 9.86.